The van der Waals surface area contributed by atoms with Crippen molar-refractivity contribution in [3.05, 3.63) is 12.2 Å². The summed E-state index contributed by atoms with van der Waals surface area (Å²) in [5, 5.41) is 0. The van der Waals surface area contributed by atoms with E-state index in [0.29, 0.717) is 0 Å². The second kappa shape index (κ2) is 5.03. The molecule has 0 saturated heterocycles. The van der Waals surface area contributed by atoms with Crippen LogP contribution in [0.1, 0.15) is 20.3 Å². The first kappa shape index (κ1) is 9.21. The van der Waals surface area contributed by atoms with Crippen molar-refractivity contribution in [3.63, 3.8) is 0 Å². The van der Waals surface area contributed by atoms with E-state index in [1.165, 1.54) is 7.11 Å². The summed E-state index contributed by atoms with van der Waals surface area (Å²) in [4.78, 5) is 10.7. The van der Waals surface area contributed by atoms with Gasteiger partial charge in [0.15, 0.2) is 0 Å². The number of ether oxygens (including phenoxy) is 1. The molecule has 0 aliphatic carbocycles. The fourth-order valence-electron chi connectivity index (χ4n) is 0.605. The summed E-state index contributed by atoms with van der Waals surface area (Å²) < 4.78 is 4.52. The maximum absolute atomic E-state index is 10.7. The van der Waals surface area contributed by atoms with Crippen molar-refractivity contribution in [1.29, 1.82) is 0 Å². The first-order chi connectivity index (χ1) is 4.72. The standard InChI is InChI=1S/C8H14O2/c1-4-5-6-7(2)8(9)10-3/h5-7H,4H2,1-3H3/b6-5-. The van der Waals surface area contributed by atoms with Crippen molar-refractivity contribution < 1.29 is 9.53 Å². The van der Waals surface area contributed by atoms with E-state index in [1.807, 2.05) is 26.0 Å². The summed E-state index contributed by atoms with van der Waals surface area (Å²) in [7, 11) is 1.40. The van der Waals surface area contributed by atoms with Crippen LogP contribution in [0.4, 0.5) is 0 Å². The van der Waals surface area contributed by atoms with Crippen molar-refractivity contribution in [2.45, 2.75) is 20.3 Å². The smallest absolute Gasteiger partial charge is 0.312 e. The zero-order valence-corrected chi connectivity index (χ0v) is 6.76. The summed E-state index contributed by atoms with van der Waals surface area (Å²) in [5.41, 5.74) is 0. The summed E-state index contributed by atoms with van der Waals surface area (Å²) in [6, 6.07) is 0. The van der Waals surface area contributed by atoms with E-state index >= 15 is 0 Å². The van der Waals surface area contributed by atoms with Gasteiger partial charge in [0.1, 0.15) is 0 Å². The Morgan fingerprint density at radius 3 is 2.70 bits per heavy atom. The van der Waals surface area contributed by atoms with Crippen molar-refractivity contribution in [1.82, 2.24) is 0 Å². The minimum absolute atomic E-state index is 0.107. The fourth-order valence-corrected chi connectivity index (χ4v) is 0.605. The predicted molar refractivity (Wildman–Crippen MR) is 40.6 cm³/mol. The van der Waals surface area contributed by atoms with Gasteiger partial charge in [0.2, 0.25) is 0 Å². The molecule has 0 aromatic carbocycles. The quantitative estimate of drug-likeness (QED) is 0.443. The van der Waals surface area contributed by atoms with Crippen LogP contribution in [0.3, 0.4) is 0 Å². The third-order valence-corrected chi connectivity index (χ3v) is 1.23. The van der Waals surface area contributed by atoms with Crippen LogP contribution in [0, 0.1) is 5.92 Å². The Balaban J connectivity index is 3.72. The number of rotatable bonds is 3. The van der Waals surface area contributed by atoms with E-state index in [1.54, 1.807) is 0 Å². The van der Waals surface area contributed by atoms with Gasteiger partial charge in [0.05, 0.1) is 13.0 Å². The first-order valence-electron chi connectivity index (χ1n) is 3.46. The normalized spacial score (nSPS) is 13.5. The number of carbonyl (C=O) groups is 1. The lowest BCUT2D eigenvalue weighted by molar-refractivity contribution is -0.143. The number of methoxy groups -OCH3 is 1. The SMILES string of the molecule is CC/C=C\C(C)C(=O)OC. The van der Waals surface area contributed by atoms with Gasteiger partial charge in [-0.2, -0.15) is 0 Å². The summed E-state index contributed by atoms with van der Waals surface area (Å²) in [5.74, 6) is -0.283. The van der Waals surface area contributed by atoms with Gasteiger partial charge in [-0.15, -0.1) is 0 Å². The second-order valence-corrected chi connectivity index (χ2v) is 2.15. The largest absolute Gasteiger partial charge is 0.469 e. The average molecular weight is 142 g/mol. The lowest BCUT2D eigenvalue weighted by atomic mass is 10.1. The zero-order valence-electron chi connectivity index (χ0n) is 6.76. The first-order valence-corrected chi connectivity index (χ1v) is 3.46. The van der Waals surface area contributed by atoms with Crippen molar-refractivity contribution in [2.75, 3.05) is 7.11 Å². The van der Waals surface area contributed by atoms with E-state index in [0.717, 1.165) is 6.42 Å². The van der Waals surface area contributed by atoms with Crippen LogP contribution in [0.5, 0.6) is 0 Å². The predicted octanol–water partition coefficient (Wildman–Crippen LogP) is 1.76. The van der Waals surface area contributed by atoms with Gasteiger partial charge in [-0.05, 0) is 13.3 Å². The molecule has 0 saturated carbocycles. The molecular weight excluding hydrogens is 128 g/mol. The summed E-state index contributed by atoms with van der Waals surface area (Å²) in [6.45, 7) is 3.85. The maximum Gasteiger partial charge on any atom is 0.312 e. The highest BCUT2D eigenvalue weighted by Gasteiger charge is 2.06. The van der Waals surface area contributed by atoms with Crippen LogP contribution in [0.2, 0.25) is 0 Å². The second-order valence-electron chi connectivity index (χ2n) is 2.15. The molecule has 10 heavy (non-hydrogen) atoms. The van der Waals surface area contributed by atoms with E-state index in [2.05, 4.69) is 4.74 Å². The molecule has 58 valence electrons. The van der Waals surface area contributed by atoms with Crippen LogP contribution < -0.4 is 0 Å². The molecular formula is C8H14O2. The summed E-state index contributed by atoms with van der Waals surface area (Å²) >= 11 is 0. The van der Waals surface area contributed by atoms with Crippen LogP contribution in [-0.2, 0) is 9.53 Å². The van der Waals surface area contributed by atoms with Gasteiger partial charge >= 0.3 is 5.97 Å². The van der Waals surface area contributed by atoms with Crippen LogP contribution in [-0.4, -0.2) is 13.1 Å². The van der Waals surface area contributed by atoms with E-state index < -0.39 is 0 Å². The Bertz CT molecular complexity index is 127. The van der Waals surface area contributed by atoms with E-state index in [4.69, 9.17) is 0 Å². The minimum Gasteiger partial charge on any atom is -0.469 e. The molecule has 0 N–H and O–H groups in total. The molecule has 0 radical (unpaired) electrons. The number of hydrogen-bond acceptors (Lipinski definition) is 2. The number of esters is 1. The summed E-state index contributed by atoms with van der Waals surface area (Å²) in [6.07, 6.45) is 4.77. The van der Waals surface area contributed by atoms with Crippen molar-refractivity contribution in [2.24, 2.45) is 5.92 Å². The fraction of sp³-hybridized carbons (Fsp3) is 0.625. The van der Waals surface area contributed by atoms with Gasteiger partial charge in [-0.25, -0.2) is 0 Å². The third kappa shape index (κ3) is 3.28. The van der Waals surface area contributed by atoms with Gasteiger partial charge in [-0.3, -0.25) is 4.79 Å². The van der Waals surface area contributed by atoms with Crippen molar-refractivity contribution in [3.8, 4) is 0 Å². The molecule has 1 unspecified atom stereocenters. The average Bonchev–Trinajstić information content (AvgIpc) is 1.98. The lowest BCUT2D eigenvalue weighted by Crippen LogP contribution is -2.09. The Hall–Kier alpha value is -0.790. The monoisotopic (exact) mass is 142 g/mol. The van der Waals surface area contributed by atoms with Gasteiger partial charge < -0.3 is 4.74 Å². The molecule has 0 aromatic heterocycles. The van der Waals surface area contributed by atoms with Crippen molar-refractivity contribution >= 4 is 5.97 Å². The number of carbonyl (C=O) groups excluding carboxylic acids is 1. The van der Waals surface area contributed by atoms with Gasteiger partial charge in [0.25, 0.3) is 0 Å². The van der Waals surface area contributed by atoms with Crippen LogP contribution >= 0.6 is 0 Å². The minimum atomic E-state index is -0.176. The lowest BCUT2D eigenvalue weighted by Gasteiger charge is -2.01. The molecule has 2 nitrogen and oxygen atoms in total. The van der Waals surface area contributed by atoms with E-state index in [9.17, 15) is 4.79 Å². The Kier molecular flexibility index (Phi) is 4.63. The molecule has 0 amide bonds. The van der Waals surface area contributed by atoms with Crippen LogP contribution in [0.15, 0.2) is 12.2 Å². The topological polar surface area (TPSA) is 26.3 Å². The molecule has 0 bridgehead atoms. The molecule has 2 heteroatoms. The zero-order chi connectivity index (χ0) is 7.98. The number of allylic oxidation sites excluding steroid dienone is 1. The maximum atomic E-state index is 10.7. The van der Waals surface area contributed by atoms with E-state index in [-0.39, 0.29) is 11.9 Å². The molecule has 0 aromatic rings. The molecule has 0 aliphatic heterocycles. The highest BCUT2D eigenvalue weighted by molar-refractivity contribution is 5.73. The Morgan fingerprint density at radius 1 is 1.70 bits per heavy atom. The van der Waals surface area contributed by atoms with Gasteiger partial charge in [-0.1, -0.05) is 19.1 Å². The Morgan fingerprint density at radius 2 is 2.30 bits per heavy atom. The molecule has 0 heterocycles. The number of hydrogen-bond donors (Lipinski definition) is 0. The van der Waals surface area contributed by atoms with Gasteiger partial charge in [0, 0.05) is 0 Å². The van der Waals surface area contributed by atoms with Crippen LogP contribution in [0.25, 0.3) is 0 Å². The molecule has 0 spiro atoms. The highest BCUT2D eigenvalue weighted by Crippen LogP contribution is 1.99. The highest BCUT2D eigenvalue weighted by atomic mass is 16.5. The Labute approximate surface area is 61.9 Å². The third-order valence-electron chi connectivity index (χ3n) is 1.23. The molecule has 0 fully saturated rings. The molecule has 1 atom stereocenters. The molecule has 0 rings (SSSR count). The molecule has 0 aliphatic rings.